The summed E-state index contributed by atoms with van der Waals surface area (Å²) in [5, 5.41) is 3.59. The van der Waals surface area contributed by atoms with E-state index in [1.54, 1.807) is 0 Å². The first-order valence-corrected chi connectivity index (χ1v) is 6.75. The van der Waals surface area contributed by atoms with Crippen molar-refractivity contribution in [1.82, 2.24) is 5.32 Å². The Morgan fingerprint density at radius 3 is 2.67 bits per heavy atom. The van der Waals surface area contributed by atoms with Crippen LogP contribution in [-0.4, -0.2) is 18.8 Å². The van der Waals surface area contributed by atoms with Crippen LogP contribution in [0.15, 0.2) is 24.3 Å². The molecule has 0 saturated heterocycles. The molecule has 0 spiro atoms. The van der Waals surface area contributed by atoms with Crippen LogP contribution < -0.4 is 11.1 Å². The van der Waals surface area contributed by atoms with Crippen LogP contribution in [0.2, 0.25) is 0 Å². The van der Waals surface area contributed by atoms with E-state index >= 15 is 0 Å². The molecule has 2 rings (SSSR count). The SMILES string of the molecule is CCOC(C)(C)CNC1CC(N)c2ccccc21. The molecular weight excluding hydrogens is 224 g/mol. The molecule has 3 heteroatoms. The molecule has 2 atom stereocenters. The van der Waals surface area contributed by atoms with Gasteiger partial charge in [0, 0.05) is 25.2 Å². The summed E-state index contributed by atoms with van der Waals surface area (Å²) >= 11 is 0. The molecule has 0 fully saturated rings. The maximum Gasteiger partial charge on any atom is 0.0750 e. The van der Waals surface area contributed by atoms with Crippen molar-refractivity contribution in [3.05, 3.63) is 35.4 Å². The van der Waals surface area contributed by atoms with Gasteiger partial charge in [0.1, 0.15) is 0 Å². The zero-order chi connectivity index (χ0) is 13.2. The minimum absolute atomic E-state index is 0.129. The average Bonchev–Trinajstić information content (AvgIpc) is 2.65. The van der Waals surface area contributed by atoms with E-state index in [1.807, 2.05) is 6.92 Å². The number of ether oxygens (including phenoxy) is 1. The first-order chi connectivity index (χ1) is 8.53. The number of nitrogens with one attached hydrogen (secondary N) is 1. The number of rotatable bonds is 5. The Bertz CT molecular complexity index is 403. The van der Waals surface area contributed by atoms with Crippen molar-refractivity contribution < 1.29 is 4.74 Å². The molecule has 0 aromatic heterocycles. The van der Waals surface area contributed by atoms with E-state index in [0.29, 0.717) is 6.04 Å². The first kappa shape index (κ1) is 13.5. The molecular formula is C15H24N2O. The lowest BCUT2D eigenvalue weighted by molar-refractivity contribution is -0.0107. The predicted octanol–water partition coefficient (Wildman–Crippen LogP) is 2.54. The number of hydrogen-bond acceptors (Lipinski definition) is 3. The minimum atomic E-state index is -0.129. The van der Waals surface area contributed by atoms with Gasteiger partial charge in [-0.15, -0.1) is 0 Å². The van der Waals surface area contributed by atoms with Gasteiger partial charge in [-0.05, 0) is 38.3 Å². The van der Waals surface area contributed by atoms with Gasteiger partial charge in [-0.1, -0.05) is 24.3 Å². The monoisotopic (exact) mass is 248 g/mol. The van der Waals surface area contributed by atoms with Gasteiger partial charge in [0.05, 0.1) is 5.60 Å². The van der Waals surface area contributed by atoms with Gasteiger partial charge >= 0.3 is 0 Å². The maximum atomic E-state index is 6.16. The molecule has 0 heterocycles. The van der Waals surface area contributed by atoms with Gasteiger partial charge in [-0.2, -0.15) is 0 Å². The van der Waals surface area contributed by atoms with E-state index in [-0.39, 0.29) is 11.6 Å². The summed E-state index contributed by atoms with van der Waals surface area (Å²) in [4.78, 5) is 0. The Hall–Kier alpha value is -0.900. The minimum Gasteiger partial charge on any atom is -0.375 e. The highest BCUT2D eigenvalue weighted by atomic mass is 16.5. The van der Waals surface area contributed by atoms with Crippen LogP contribution in [0.25, 0.3) is 0 Å². The Kier molecular flexibility index (Phi) is 4.05. The molecule has 3 nitrogen and oxygen atoms in total. The van der Waals surface area contributed by atoms with Crippen LogP contribution in [0, 0.1) is 0 Å². The highest BCUT2D eigenvalue weighted by molar-refractivity contribution is 5.37. The Balaban J connectivity index is 2.00. The summed E-state index contributed by atoms with van der Waals surface area (Å²) in [5.41, 5.74) is 8.66. The molecule has 1 aromatic carbocycles. The highest BCUT2D eigenvalue weighted by Gasteiger charge is 2.29. The third-order valence-electron chi connectivity index (χ3n) is 3.57. The largest absolute Gasteiger partial charge is 0.375 e. The second-order valence-corrected chi connectivity index (χ2v) is 5.60. The van der Waals surface area contributed by atoms with Crippen molar-refractivity contribution in [3.63, 3.8) is 0 Å². The van der Waals surface area contributed by atoms with E-state index in [1.165, 1.54) is 11.1 Å². The molecule has 1 aliphatic carbocycles. The van der Waals surface area contributed by atoms with Gasteiger partial charge < -0.3 is 15.8 Å². The molecule has 1 aromatic rings. The van der Waals surface area contributed by atoms with E-state index in [9.17, 15) is 0 Å². The molecule has 0 aliphatic heterocycles. The molecule has 18 heavy (non-hydrogen) atoms. The van der Waals surface area contributed by atoms with Gasteiger partial charge in [0.25, 0.3) is 0 Å². The predicted molar refractivity (Wildman–Crippen MR) is 74.4 cm³/mol. The van der Waals surface area contributed by atoms with E-state index in [4.69, 9.17) is 10.5 Å². The van der Waals surface area contributed by atoms with Crippen LogP contribution in [0.5, 0.6) is 0 Å². The summed E-state index contributed by atoms with van der Waals surface area (Å²) in [7, 11) is 0. The summed E-state index contributed by atoms with van der Waals surface area (Å²) < 4.78 is 5.71. The summed E-state index contributed by atoms with van der Waals surface area (Å²) in [5.74, 6) is 0. The van der Waals surface area contributed by atoms with Crippen molar-refractivity contribution in [2.24, 2.45) is 5.73 Å². The van der Waals surface area contributed by atoms with Crippen molar-refractivity contribution >= 4 is 0 Å². The van der Waals surface area contributed by atoms with Crippen LogP contribution >= 0.6 is 0 Å². The number of fused-ring (bicyclic) bond motifs is 1. The van der Waals surface area contributed by atoms with Gasteiger partial charge in [0.15, 0.2) is 0 Å². The zero-order valence-electron chi connectivity index (χ0n) is 11.6. The van der Waals surface area contributed by atoms with Crippen LogP contribution in [0.1, 0.15) is 50.4 Å². The molecule has 3 N–H and O–H groups in total. The lowest BCUT2D eigenvalue weighted by Crippen LogP contribution is -2.39. The molecule has 100 valence electrons. The lowest BCUT2D eigenvalue weighted by atomic mass is 10.1. The third kappa shape index (κ3) is 2.91. The van der Waals surface area contributed by atoms with Crippen molar-refractivity contribution in [3.8, 4) is 0 Å². The quantitative estimate of drug-likeness (QED) is 0.842. The summed E-state index contributed by atoms with van der Waals surface area (Å²) in [6.07, 6.45) is 0.974. The third-order valence-corrected chi connectivity index (χ3v) is 3.57. The second kappa shape index (κ2) is 5.39. The van der Waals surface area contributed by atoms with E-state index < -0.39 is 0 Å². The smallest absolute Gasteiger partial charge is 0.0750 e. The normalized spacial score (nSPS) is 23.1. The topological polar surface area (TPSA) is 47.3 Å². The average molecular weight is 248 g/mol. The fourth-order valence-corrected chi connectivity index (χ4v) is 2.68. The Morgan fingerprint density at radius 2 is 2.00 bits per heavy atom. The Morgan fingerprint density at radius 1 is 1.33 bits per heavy atom. The van der Waals surface area contributed by atoms with Gasteiger partial charge in [-0.25, -0.2) is 0 Å². The lowest BCUT2D eigenvalue weighted by Gasteiger charge is -2.27. The number of hydrogen-bond donors (Lipinski definition) is 2. The fourth-order valence-electron chi connectivity index (χ4n) is 2.68. The second-order valence-electron chi connectivity index (χ2n) is 5.60. The summed E-state index contributed by atoms with van der Waals surface area (Å²) in [6.45, 7) is 7.85. The summed E-state index contributed by atoms with van der Waals surface area (Å²) in [6, 6.07) is 8.97. The van der Waals surface area contributed by atoms with Gasteiger partial charge in [-0.3, -0.25) is 0 Å². The molecule has 1 aliphatic rings. The molecule has 0 amide bonds. The van der Waals surface area contributed by atoms with Gasteiger partial charge in [0.2, 0.25) is 0 Å². The fraction of sp³-hybridized carbons (Fsp3) is 0.600. The van der Waals surface area contributed by atoms with Crippen LogP contribution in [0.3, 0.4) is 0 Å². The zero-order valence-corrected chi connectivity index (χ0v) is 11.6. The van der Waals surface area contributed by atoms with Crippen LogP contribution in [0.4, 0.5) is 0 Å². The van der Waals surface area contributed by atoms with Crippen molar-refractivity contribution in [2.45, 2.75) is 44.9 Å². The standard InChI is InChI=1S/C15H24N2O/c1-4-18-15(2,3)10-17-14-9-13(16)11-7-5-6-8-12(11)14/h5-8,13-14,17H,4,9-10,16H2,1-3H3. The van der Waals surface area contributed by atoms with Crippen molar-refractivity contribution in [1.29, 1.82) is 0 Å². The maximum absolute atomic E-state index is 6.16. The Labute approximate surface area is 110 Å². The van der Waals surface area contributed by atoms with E-state index in [0.717, 1.165) is 19.6 Å². The number of benzene rings is 1. The van der Waals surface area contributed by atoms with Crippen LogP contribution in [-0.2, 0) is 4.74 Å². The molecule has 0 bridgehead atoms. The molecule has 0 radical (unpaired) electrons. The highest BCUT2D eigenvalue weighted by Crippen LogP contribution is 2.37. The first-order valence-electron chi connectivity index (χ1n) is 6.75. The molecule has 0 saturated carbocycles. The van der Waals surface area contributed by atoms with Crippen molar-refractivity contribution in [2.75, 3.05) is 13.2 Å². The van der Waals surface area contributed by atoms with E-state index in [2.05, 4.69) is 43.4 Å². The number of nitrogens with two attached hydrogens (primary N) is 1. The molecule has 2 unspecified atom stereocenters.